The van der Waals surface area contributed by atoms with E-state index in [0.29, 0.717) is 32.0 Å². The highest BCUT2D eigenvalue weighted by Crippen LogP contribution is 2.29. The number of ether oxygens (including phenoxy) is 1. The average molecular weight is 292 g/mol. The van der Waals surface area contributed by atoms with Gasteiger partial charge in [0.05, 0.1) is 5.75 Å². The first-order chi connectivity index (χ1) is 9.06. The lowest BCUT2D eigenvalue weighted by molar-refractivity contribution is 0.184. The van der Waals surface area contributed by atoms with Crippen LogP contribution in [-0.2, 0) is 14.8 Å². The molecule has 0 amide bonds. The Morgan fingerprint density at radius 3 is 2.58 bits per heavy atom. The van der Waals surface area contributed by atoms with E-state index in [0.717, 1.165) is 19.3 Å². The summed E-state index contributed by atoms with van der Waals surface area (Å²) in [5, 5.41) is 0. The fourth-order valence-electron chi connectivity index (χ4n) is 2.98. The quantitative estimate of drug-likeness (QED) is 0.682. The van der Waals surface area contributed by atoms with Gasteiger partial charge in [0.1, 0.15) is 0 Å². The molecule has 1 aliphatic rings. The first-order valence-corrected chi connectivity index (χ1v) is 8.86. The Bertz CT molecular complexity index is 346. The monoisotopic (exact) mass is 292 g/mol. The van der Waals surface area contributed by atoms with Crippen molar-refractivity contribution in [1.29, 1.82) is 0 Å². The van der Waals surface area contributed by atoms with Crippen LogP contribution in [-0.4, -0.2) is 51.3 Å². The maximum Gasteiger partial charge on any atom is 0.214 e. The summed E-state index contributed by atoms with van der Waals surface area (Å²) in [4.78, 5) is 0. The van der Waals surface area contributed by atoms with Crippen LogP contribution in [0.2, 0.25) is 0 Å². The van der Waals surface area contributed by atoms with E-state index >= 15 is 0 Å². The van der Waals surface area contributed by atoms with E-state index in [2.05, 4.69) is 0 Å². The van der Waals surface area contributed by atoms with Gasteiger partial charge in [-0.2, -0.15) is 4.31 Å². The topological polar surface area (TPSA) is 72.6 Å². The number of methoxy groups -OCH3 is 1. The van der Waals surface area contributed by atoms with Gasteiger partial charge in [0.2, 0.25) is 10.0 Å². The number of rotatable bonds is 8. The van der Waals surface area contributed by atoms with Gasteiger partial charge >= 0.3 is 0 Å². The van der Waals surface area contributed by atoms with Gasteiger partial charge in [0.25, 0.3) is 0 Å². The predicted octanol–water partition coefficient (Wildman–Crippen LogP) is 1.19. The molecule has 0 radical (unpaired) electrons. The maximum absolute atomic E-state index is 12.4. The minimum atomic E-state index is -3.19. The molecule has 5 nitrogen and oxygen atoms in total. The molecule has 2 N–H and O–H groups in total. The van der Waals surface area contributed by atoms with Crippen LogP contribution in [0.25, 0.3) is 0 Å². The summed E-state index contributed by atoms with van der Waals surface area (Å²) in [5.74, 6) is 0.480. The van der Waals surface area contributed by atoms with Gasteiger partial charge in [-0.3, -0.25) is 0 Å². The van der Waals surface area contributed by atoms with E-state index in [4.69, 9.17) is 10.5 Å². The minimum Gasteiger partial charge on any atom is -0.385 e. The van der Waals surface area contributed by atoms with Gasteiger partial charge in [0, 0.05) is 26.3 Å². The summed E-state index contributed by atoms with van der Waals surface area (Å²) in [5.41, 5.74) is 5.81. The van der Waals surface area contributed by atoms with Crippen LogP contribution in [0.4, 0.5) is 0 Å². The maximum atomic E-state index is 12.4. The molecule has 0 bridgehead atoms. The van der Waals surface area contributed by atoms with Crippen molar-refractivity contribution in [3.05, 3.63) is 0 Å². The largest absolute Gasteiger partial charge is 0.385 e. The fourth-order valence-corrected chi connectivity index (χ4v) is 4.78. The van der Waals surface area contributed by atoms with Crippen molar-refractivity contribution >= 4 is 10.0 Å². The summed E-state index contributed by atoms with van der Waals surface area (Å²) in [7, 11) is -1.60. The van der Waals surface area contributed by atoms with E-state index in [-0.39, 0.29) is 11.8 Å². The Labute approximate surface area is 117 Å². The molecule has 1 saturated carbocycles. The van der Waals surface area contributed by atoms with Gasteiger partial charge in [-0.1, -0.05) is 19.8 Å². The molecule has 6 heteroatoms. The third-order valence-electron chi connectivity index (χ3n) is 3.96. The fraction of sp³-hybridized carbons (Fsp3) is 1.00. The van der Waals surface area contributed by atoms with Crippen molar-refractivity contribution in [3.63, 3.8) is 0 Å². The second-order valence-corrected chi connectivity index (χ2v) is 7.25. The van der Waals surface area contributed by atoms with E-state index in [1.807, 2.05) is 6.92 Å². The summed E-state index contributed by atoms with van der Waals surface area (Å²) in [6, 6.07) is 0.0938. The zero-order chi connectivity index (χ0) is 14.3. The Balaban J connectivity index is 2.73. The van der Waals surface area contributed by atoms with Crippen LogP contribution >= 0.6 is 0 Å². The highest BCUT2D eigenvalue weighted by molar-refractivity contribution is 7.89. The molecular formula is C13H28N2O3S. The van der Waals surface area contributed by atoms with Crippen molar-refractivity contribution in [3.8, 4) is 0 Å². The molecule has 2 unspecified atom stereocenters. The van der Waals surface area contributed by atoms with Crippen molar-refractivity contribution in [2.24, 2.45) is 11.7 Å². The Hall–Kier alpha value is -0.170. The number of nitrogens with two attached hydrogens (primary N) is 1. The molecule has 0 saturated heterocycles. The van der Waals surface area contributed by atoms with E-state index in [1.165, 1.54) is 6.42 Å². The molecule has 0 heterocycles. The van der Waals surface area contributed by atoms with Gasteiger partial charge in [-0.25, -0.2) is 8.42 Å². The summed E-state index contributed by atoms with van der Waals surface area (Å²) in [6.07, 6.45) is 4.81. The lowest BCUT2D eigenvalue weighted by Gasteiger charge is -2.38. The molecule has 0 aromatic carbocycles. The Morgan fingerprint density at radius 2 is 2.00 bits per heavy atom. The van der Waals surface area contributed by atoms with Crippen molar-refractivity contribution in [1.82, 2.24) is 4.31 Å². The number of hydrogen-bond acceptors (Lipinski definition) is 4. The smallest absolute Gasteiger partial charge is 0.214 e. The molecule has 114 valence electrons. The molecule has 1 fully saturated rings. The highest BCUT2D eigenvalue weighted by atomic mass is 32.2. The molecule has 0 aromatic heterocycles. The van der Waals surface area contributed by atoms with Crippen LogP contribution in [0.15, 0.2) is 0 Å². The van der Waals surface area contributed by atoms with Crippen molar-refractivity contribution in [2.45, 2.75) is 45.1 Å². The molecule has 0 aromatic rings. The molecule has 1 aliphatic carbocycles. The third-order valence-corrected chi connectivity index (χ3v) is 6.01. The van der Waals surface area contributed by atoms with Crippen LogP contribution < -0.4 is 5.73 Å². The first-order valence-electron chi connectivity index (χ1n) is 7.25. The number of sulfonamides is 1. The second kappa shape index (κ2) is 8.19. The van der Waals surface area contributed by atoms with Gasteiger partial charge < -0.3 is 10.5 Å². The second-order valence-electron chi connectivity index (χ2n) is 5.21. The van der Waals surface area contributed by atoms with E-state index in [1.54, 1.807) is 11.4 Å². The molecule has 1 rings (SSSR count). The van der Waals surface area contributed by atoms with Gasteiger partial charge in [-0.15, -0.1) is 0 Å². The highest BCUT2D eigenvalue weighted by Gasteiger charge is 2.34. The lowest BCUT2D eigenvalue weighted by atomic mass is 9.84. The zero-order valence-electron chi connectivity index (χ0n) is 12.2. The summed E-state index contributed by atoms with van der Waals surface area (Å²) in [6.45, 7) is 3.52. The summed E-state index contributed by atoms with van der Waals surface area (Å²) >= 11 is 0. The van der Waals surface area contributed by atoms with Crippen LogP contribution in [0.1, 0.15) is 39.0 Å². The van der Waals surface area contributed by atoms with Crippen molar-refractivity contribution in [2.75, 3.05) is 32.6 Å². The SMILES string of the molecule is CCN(C1CCCCC1CN)S(=O)(=O)CCCOC. The van der Waals surface area contributed by atoms with Crippen molar-refractivity contribution < 1.29 is 13.2 Å². The molecule has 2 atom stereocenters. The molecule has 0 aliphatic heterocycles. The van der Waals surface area contributed by atoms with E-state index < -0.39 is 10.0 Å². The first kappa shape index (κ1) is 16.9. The van der Waals surface area contributed by atoms with Gasteiger partial charge in [0.15, 0.2) is 0 Å². The minimum absolute atomic E-state index is 0.0938. The third kappa shape index (κ3) is 4.70. The Morgan fingerprint density at radius 1 is 1.32 bits per heavy atom. The zero-order valence-corrected chi connectivity index (χ0v) is 13.0. The molecular weight excluding hydrogens is 264 g/mol. The number of nitrogens with zero attached hydrogens (tertiary/aromatic N) is 1. The van der Waals surface area contributed by atoms with Crippen LogP contribution in [0.5, 0.6) is 0 Å². The van der Waals surface area contributed by atoms with Gasteiger partial charge in [-0.05, 0) is 31.7 Å². The molecule has 0 spiro atoms. The summed E-state index contributed by atoms with van der Waals surface area (Å²) < 4.78 is 31.5. The predicted molar refractivity (Wildman–Crippen MR) is 77.5 cm³/mol. The Kier molecular flexibility index (Phi) is 7.28. The number of hydrogen-bond donors (Lipinski definition) is 1. The van der Waals surface area contributed by atoms with Crippen LogP contribution in [0.3, 0.4) is 0 Å². The van der Waals surface area contributed by atoms with E-state index in [9.17, 15) is 8.42 Å². The molecule has 19 heavy (non-hydrogen) atoms. The standard InChI is InChI=1S/C13H28N2O3S/c1-3-15(19(16,17)10-6-9-18-2)13-8-5-4-7-12(13)11-14/h12-13H,3-11,14H2,1-2H3. The van der Waals surface area contributed by atoms with Crippen LogP contribution in [0, 0.1) is 5.92 Å². The lowest BCUT2D eigenvalue weighted by Crippen LogP contribution is -2.48. The normalized spacial score (nSPS) is 24.8. The average Bonchev–Trinajstić information content (AvgIpc) is 2.40.